The van der Waals surface area contributed by atoms with Crippen LogP contribution in [0.25, 0.3) is 0 Å². The fourth-order valence-corrected chi connectivity index (χ4v) is 3.81. The maximum absolute atomic E-state index is 11.1. The molecule has 90 valence electrons. The molecule has 0 bridgehead atoms. The topological polar surface area (TPSA) is 78.4 Å². The summed E-state index contributed by atoms with van der Waals surface area (Å²) in [7, 11) is 0. The van der Waals surface area contributed by atoms with Crippen molar-refractivity contribution in [2.45, 2.75) is 43.0 Å². The zero-order chi connectivity index (χ0) is 11.5. The van der Waals surface area contributed by atoms with Crippen LogP contribution in [0.15, 0.2) is 0 Å². The van der Waals surface area contributed by atoms with Gasteiger partial charge in [0.05, 0.1) is 12.1 Å². The van der Waals surface area contributed by atoms with Crippen LogP contribution in [-0.4, -0.2) is 40.2 Å². The van der Waals surface area contributed by atoms with E-state index in [1.54, 1.807) is 0 Å². The summed E-state index contributed by atoms with van der Waals surface area (Å²) in [6.45, 7) is 0. The van der Waals surface area contributed by atoms with Crippen LogP contribution in [0.5, 0.6) is 0 Å². The number of unbranched alkanes of at least 4 members (excludes halogenated alkanes) is 1. The maximum atomic E-state index is 11.1. The Bertz CT molecular complexity index is 298. The summed E-state index contributed by atoms with van der Waals surface area (Å²) in [5.41, 5.74) is 0. The molecular formula is C10H16N2O3S. The fraction of sp³-hybridized carbons (Fsp3) is 0.800. The number of amides is 2. The molecule has 0 spiro atoms. The quantitative estimate of drug-likeness (QED) is 0.493. The lowest BCUT2D eigenvalue weighted by Crippen LogP contribution is -2.36. The van der Waals surface area contributed by atoms with Gasteiger partial charge in [0, 0.05) is 17.4 Å². The summed E-state index contributed by atoms with van der Waals surface area (Å²) in [6, 6.07) is 0.440. The summed E-state index contributed by atoms with van der Waals surface area (Å²) in [5, 5.41) is 14.8. The van der Waals surface area contributed by atoms with Gasteiger partial charge < -0.3 is 15.7 Å². The highest BCUT2D eigenvalue weighted by Gasteiger charge is 2.42. The lowest BCUT2D eigenvalue weighted by molar-refractivity contribution is -0.137. The minimum atomic E-state index is -0.729. The second kappa shape index (κ2) is 4.95. The molecule has 2 aliphatic rings. The number of nitrogens with one attached hydrogen (secondary N) is 2. The number of thioether (sulfide) groups is 1. The van der Waals surface area contributed by atoms with Crippen LogP contribution in [0.1, 0.15) is 25.7 Å². The van der Waals surface area contributed by atoms with E-state index in [2.05, 4.69) is 10.6 Å². The van der Waals surface area contributed by atoms with E-state index < -0.39 is 5.97 Å². The molecule has 2 fully saturated rings. The van der Waals surface area contributed by atoms with E-state index >= 15 is 0 Å². The average molecular weight is 244 g/mol. The molecule has 6 heteroatoms. The Morgan fingerprint density at radius 1 is 1.44 bits per heavy atom. The van der Waals surface area contributed by atoms with Gasteiger partial charge in [0.25, 0.3) is 0 Å². The summed E-state index contributed by atoms with van der Waals surface area (Å²) < 4.78 is 0. The van der Waals surface area contributed by atoms with Crippen LogP contribution in [0.4, 0.5) is 4.79 Å². The smallest absolute Gasteiger partial charge is 0.315 e. The first-order valence-corrected chi connectivity index (χ1v) is 6.62. The minimum absolute atomic E-state index is 0.0640. The molecule has 0 unspecified atom stereocenters. The van der Waals surface area contributed by atoms with Crippen molar-refractivity contribution in [2.75, 3.05) is 5.75 Å². The predicted octanol–water partition coefficient (Wildman–Crippen LogP) is 0.797. The van der Waals surface area contributed by atoms with Gasteiger partial charge in [0.15, 0.2) is 0 Å². The number of hydrogen-bond acceptors (Lipinski definition) is 3. The van der Waals surface area contributed by atoms with E-state index in [-0.39, 0.29) is 24.5 Å². The third-order valence-corrected chi connectivity index (χ3v) is 4.58. The van der Waals surface area contributed by atoms with Crippen molar-refractivity contribution in [3.63, 3.8) is 0 Å². The first-order chi connectivity index (χ1) is 7.66. The number of urea groups is 1. The monoisotopic (exact) mass is 244 g/mol. The Morgan fingerprint density at radius 2 is 2.25 bits per heavy atom. The average Bonchev–Trinajstić information content (AvgIpc) is 2.72. The molecule has 2 aliphatic heterocycles. The minimum Gasteiger partial charge on any atom is -0.481 e. The van der Waals surface area contributed by atoms with Gasteiger partial charge in [0.2, 0.25) is 0 Å². The van der Waals surface area contributed by atoms with E-state index in [4.69, 9.17) is 5.11 Å². The molecule has 0 saturated carbocycles. The molecule has 2 rings (SSSR count). The molecule has 2 heterocycles. The molecule has 3 atom stereocenters. The molecule has 0 radical (unpaired) electrons. The van der Waals surface area contributed by atoms with Crippen molar-refractivity contribution < 1.29 is 14.7 Å². The van der Waals surface area contributed by atoms with Gasteiger partial charge in [-0.15, -0.1) is 0 Å². The number of carbonyl (C=O) groups excluding carboxylic acids is 1. The number of carboxylic acid groups (broad SMARTS) is 1. The normalized spacial score (nSPS) is 32.0. The van der Waals surface area contributed by atoms with Crippen molar-refractivity contribution in [3.05, 3.63) is 0 Å². The van der Waals surface area contributed by atoms with Crippen molar-refractivity contribution in [1.29, 1.82) is 0 Å². The van der Waals surface area contributed by atoms with E-state index in [1.807, 2.05) is 11.8 Å². The lowest BCUT2D eigenvalue weighted by Gasteiger charge is -2.16. The molecule has 5 nitrogen and oxygen atoms in total. The third kappa shape index (κ3) is 2.61. The molecule has 0 aliphatic carbocycles. The van der Waals surface area contributed by atoms with E-state index in [9.17, 15) is 9.59 Å². The maximum Gasteiger partial charge on any atom is 0.315 e. The molecule has 0 aromatic rings. The van der Waals surface area contributed by atoms with Crippen LogP contribution in [0.3, 0.4) is 0 Å². The van der Waals surface area contributed by atoms with Gasteiger partial charge in [0.1, 0.15) is 0 Å². The third-order valence-electron chi connectivity index (χ3n) is 3.07. The van der Waals surface area contributed by atoms with Crippen LogP contribution >= 0.6 is 11.8 Å². The van der Waals surface area contributed by atoms with Crippen molar-refractivity contribution in [3.8, 4) is 0 Å². The molecule has 2 saturated heterocycles. The molecule has 0 aromatic heterocycles. The molecule has 0 aromatic carbocycles. The van der Waals surface area contributed by atoms with Crippen LogP contribution in [-0.2, 0) is 4.79 Å². The number of hydrogen-bond donors (Lipinski definition) is 3. The van der Waals surface area contributed by atoms with E-state index in [0.717, 1.165) is 25.0 Å². The second-order valence-electron chi connectivity index (χ2n) is 4.26. The standard InChI is InChI=1S/C10H16N2O3S/c13-8(14)4-2-1-3-7-9-6(5-16-7)11-10(15)12-9/h6-7,9H,1-5H2,(H,13,14)(H2,11,12,15)/t6-,7-,9-/m1/s1. The highest BCUT2D eigenvalue weighted by Crippen LogP contribution is 2.33. The number of rotatable bonds is 5. The zero-order valence-corrected chi connectivity index (χ0v) is 9.76. The highest BCUT2D eigenvalue weighted by atomic mass is 32.2. The number of carboxylic acids is 1. The number of fused-ring (bicyclic) bond motifs is 1. The largest absolute Gasteiger partial charge is 0.481 e. The Kier molecular flexibility index (Phi) is 3.58. The predicted molar refractivity (Wildman–Crippen MR) is 61.6 cm³/mol. The van der Waals surface area contributed by atoms with Gasteiger partial charge in [-0.25, -0.2) is 4.79 Å². The summed E-state index contributed by atoms with van der Waals surface area (Å²) in [6.07, 6.45) is 2.88. The first-order valence-electron chi connectivity index (χ1n) is 5.57. The summed E-state index contributed by atoms with van der Waals surface area (Å²) >= 11 is 1.87. The molecule has 16 heavy (non-hydrogen) atoms. The highest BCUT2D eigenvalue weighted by molar-refractivity contribution is 8.00. The lowest BCUT2D eigenvalue weighted by atomic mass is 10.0. The van der Waals surface area contributed by atoms with Crippen molar-refractivity contribution >= 4 is 23.8 Å². The summed E-state index contributed by atoms with van der Waals surface area (Å²) in [4.78, 5) is 21.5. The van der Waals surface area contributed by atoms with Crippen LogP contribution in [0.2, 0.25) is 0 Å². The van der Waals surface area contributed by atoms with E-state index in [1.165, 1.54) is 0 Å². The van der Waals surface area contributed by atoms with Gasteiger partial charge >= 0.3 is 12.0 Å². The van der Waals surface area contributed by atoms with Crippen molar-refractivity contribution in [2.24, 2.45) is 0 Å². The Balaban J connectivity index is 1.70. The number of aliphatic carboxylic acids is 1. The van der Waals surface area contributed by atoms with E-state index in [0.29, 0.717) is 5.25 Å². The molecular weight excluding hydrogens is 228 g/mol. The Morgan fingerprint density at radius 3 is 3.00 bits per heavy atom. The van der Waals surface area contributed by atoms with Gasteiger partial charge in [-0.1, -0.05) is 6.42 Å². The van der Waals surface area contributed by atoms with Gasteiger partial charge in [-0.3, -0.25) is 4.79 Å². The molecule has 2 amide bonds. The first kappa shape index (κ1) is 11.6. The SMILES string of the molecule is O=C(O)CCCC[C@H]1SC[C@H]2NC(=O)N[C@H]21. The van der Waals surface area contributed by atoms with Gasteiger partial charge in [-0.2, -0.15) is 11.8 Å². The number of carbonyl (C=O) groups is 2. The zero-order valence-electron chi connectivity index (χ0n) is 8.94. The van der Waals surface area contributed by atoms with Crippen LogP contribution < -0.4 is 10.6 Å². The fourth-order valence-electron chi connectivity index (χ4n) is 2.26. The van der Waals surface area contributed by atoms with Gasteiger partial charge in [-0.05, 0) is 12.8 Å². The van der Waals surface area contributed by atoms with Crippen molar-refractivity contribution in [1.82, 2.24) is 10.6 Å². The summed E-state index contributed by atoms with van der Waals surface area (Å²) in [5.74, 6) is 0.236. The second-order valence-corrected chi connectivity index (χ2v) is 5.53. The molecule has 3 N–H and O–H groups in total. The van der Waals surface area contributed by atoms with Crippen LogP contribution in [0, 0.1) is 0 Å². The Labute approximate surface area is 98.4 Å². The Hall–Kier alpha value is -0.910.